The number of aromatic nitrogens is 2. The summed E-state index contributed by atoms with van der Waals surface area (Å²) < 4.78 is 0. The van der Waals surface area contributed by atoms with E-state index in [2.05, 4.69) is 20.6 Å². The summed E-state index contributed by atoms with van der Waals surface area (Å²) in [6, 6.07) is 5.35. The molecule has 2 aromatic rings. The zero-order chi connectivity index (χ0) is 13.0. The van der Waals surface area contributed by atoms with E-state index in [9.17, 15) is 4.79 Å². The summed E-state index contributed by atoms with van der Waals surface area (Å²) in [7, 11) is 3.93. The summed E-state index contributed by atoms with van der Waals surface area (Å²) in [5.41, 5.74) is 2.53. The number of nitrogens with one attached hydrogen (secondary N) is 3. The molecule has 6 heteroatoms. The van der Waals surface area contributed by atoms with Crippen LogP contribution in [0.2, 0.25) is 0 Å². The average molecular weight is 247 g/mol. The van der Waals surface area contributed by atoms with Gasteiger partial charge >= 0.3 is 6.03 Å². The number of hydrogen-bond donors (Lipinski definition) is 3. The molecule has 0 aliphatic heterocycles. The molecule has 0 spiro atoms. The summed E-state index contributed by atoms with van der Waals surface area (Å²) in [5.74, 6) is 0. The highest BCUT2D eigenvalue weighted by Gasteiger charge is 2.03. The number of rotatable bonds is 4. The van der Waals surface area contributed by atoms with Crippen molar-refractivity contribution in [1.82, 2.24) is 20.2 Å². The zero-order valence-electron chi connectivity index (χ0n) is 10.5. The van der Waals surface area contributed by atoms with Crippen molar-refractivity contribution in [3.63, 3.8) is 0 Å². The van der Waals surface area contributed by atoms with Crippen LogP contribution in [0.25, 0.3) is 11.0 Å². The fraction of sp³-hybridized carbons (Fsp3) is 0.333. The van der Waals surface area contributed by atoms with Crippen molar-refractivity contribution in [3.05, 3.63) is 24.5 Å². The van der Waals surface area contributed by atoms with Crippen LogP contribution in [0.4, 0.5) is 10.5 Å². The normalized spacial score (nSPS) is 10.8. The molecule has 3 N–H and O–H groups in total. The summed E-state index contributed by atoms with van der Waals surface area (Å²) in [4.78, 5) is 20.7. The number of fused-ring (bicyclic) bond motifs is 1. The number of carbonyl (C=O) groups is 1. The highest BCUT2D eigenvalue weighted by molar-refractivity contribution is 5.91. The van der Waals surface area contributed by atoms with E-state index in [0.29, 0.717) is 6.54 Å². The summed E-state index contributed by atoms with van der Waals surface area (Å²) in [5, 5.41) is 5.57. The number of aromatic amines is 1. The number of likely N-dealkylation sites (N-methyl/N-ethyl adjacent to an activating group) is 1. The fourth-order valence-electron chi connectivity index (χ4n) is 1.58. The van der Waals surface area contributed by atoms with E-state index < -0.39 is 0 Å². The minimum Gasteiger partial charge on any atom is -0.345 e. The van der Waals surface area contributed by atoms with Crippen molar-refractivity contribution < 1.29 is 4.79 Å². The molecule has 6 nitrogen and oxygen atoms in total. The Balaban J connectivity index is 1.90. The number of amides is 2. The Morgan fingerprint density at radius 3 is 3.06 bits per heavy atom. The zero-order valence-corrected chi connectivity index (χ0v) is 10.5. The number of benzene rings is 1. The van der Waals surface area contributed by atoms with Gasteiger partial charge in [-0.3, -0.25) is 0 Å². The van der Waals surface area contributed by atoms with E-state index in [1.165, 1.54) is 0 Å². The minimum atomic E-state index is -0.198. The Morgan fingerprint density at radius 2 is 2.28 bits per heavy atom. The van der Waals surface area contributed by atoms with Crippen molar-refractivity contribution in [3.8, 4) is 0 Å². The van der Waals surface area contributed by atoms with Crippen LogP contribution in [-0.4, -0.2) is 48.1 Å². The number of nitrogens with zero attached hydrogens (tertiary/aromatic N) is 2. The SMILES string of the molecule is CN(C)CCNC(=O)Nc1ccc2nc[nH]c2c1. The maximum Gasteiger partial charge on any atom is 0.319 e. The van der Waals surface area contributed by atoms with Crippen LogP contribution in [0.15, 0.2) is 24.5 Å². The monoisotopic (exact) mass is 247 g/mol. The van der Waals surface area contributed by atoms with Gasteiger partial charge in [0.15, 0.2) is 0 Å². The van der Waals surface area contributed by atoms with E-state index in [1.807, 2.05) is 37.2 Å². The highest BCUT2D eigenvalue weighted by Crippen LogP contribution is 2.15. The molecule has 96 valence electrons. The molecular weight excluding hydrogens is 230 g/mol. The smallest absolute Gasteiger partial charge is 0.319 e. The first-order chi connectivity index (χ1) is 8.65. The lowest BCUT2D eigenvalue weighted by Gasteiger charge is -2.11. The molecule has 0 aliphatic rings. The van der Waals surface area contributed by atoms with Gasteiger partial charge in [-0.15, -0.1) is 0 Å². The number of hydrogen-bond acceptors (Lipinski definition) is 3. The molecule has 0 atom stereocenters. The molecule has 18 heavy (non-hydrogen) atoms. The second-order valence-corrected chi connectivity index (χ2v) is 4.32. The van der Waals surface area contributed by atoms with Crippen LogP contribution in [-0.2, 0) is 0 Å². The van der Waals surface area contributed by atoms with Crippen LogP contribution >= 0.6 is 0 Å². The predicted molar refractivity (Wildman–Crippen MR) is 71.7 cm³/mol. The van der Waals surface area contributed by atoms with Gasteiger partial charge in [0.25, 0.3) is 0 Å². The maximum atomic E-state index is 11.6. The third-order valence-electron chi connectivity index (χ3n) is 2.52. The predicted octanol–water partition coefficient (Wildman–Crippen LogP) is 1.25. The summed E-state index contributed by atoms with van der Waals surface area (Å²) >= 11 is 0. The number of anilines is 1. The van der Waals surface area contributed by atoms with Gasteiger partial charge < -0.3 is 20.5 Å². The first kappa shape index (κ1) is 12.4. The second kappa shape index (κ2) is 5.50. The average Bonchev–Trinajstić information content (AvgIpc) is 2.75. The Hall–Kier alpha value is -2.08. The lowest BCUT2D eigenvalue weighted by Crippen LogP contribution is -2.34. The van der Waals surface area contributed by atoms with Gasteiger partial charge in [-0.25, -0.2) is 9.78 Å². The Kier molecular flexibility index (Phi) is 3.78. The molecular formula is C12H17N5O. The molecule has 0 unspecified atom stereocenters. The lowest BCUT2D eigenvalue weighted by molar-refractivity contribution is 0.250. The van der Waals surface area contributed by atoms with Gasteiger partial charge in [0, 0.05) is 18.8 Å². The third-order valence-corrected chi connectivity index (χ3v) is 2.52. The highest BCUT2D eigenvalue weighted by atomic mass is 16.2. The number of carbonyl (C=O) groups excluding carboxylic acids is 1. The third kappa shape index (κ3) is 3.21. The number of imidazole rings is 1. The van der Waals surface area contributed by atoms with Crippen LogP contribution < -0.4 is 10.6 Å². The van der Waals surface area contributed by atoms with Gasteiger partial charge in [0.05, 0.1) is 17.4 Å². The largest absolute Gasteiger partial charge is 0.345 e. The standard InChI is InChI=1S/C12H17N5O/c1-17(2)6-5-13-12(18)16-9-3-4-10-11(7-9)15-8-14-10/h3-4,7-8H,5-6H2,1-2H3,(H,14,15)(H2,13,16,18). The fourth-order valence-corrected chi connectivity index (χ4v) is 1.58. The van der Waals surface area contributed by atoms with Gasteiger partial charge in [0.2, 0.25) is 0 Å². The number of urea groups is 1. The quantitative estimate of drug-likeness (QED) is 0.761. The number of H-pyrrole nitrogens is 1. The van der Waals surface area contributed by atoms with Crippen molar-refractivity contribution in [2.75, 3.05) is 32.5 Å². The van der Waals surface area contributed by atoms with E-state index in [1.54, 1.807) is 6.33 Å². The van der Waals surface area contributed by atoms with Crippen LogP contribution in [0.1, 0.15) is 0 Å². The van der Waals surface area contributed by atoms with Crippen LogP contribution in [0.5, 0.6) is 0 Å². The first-order valence-corrected chi connectivity index (χ1v) is 5.78. The topological polar surface area (TPSA) is 73.1 Å². The van der Waals surface area contributed by atoms with Gasteiger partial charge in [-0.05, 0) is 32.3 Å². The molecule has 1 aromatic carbocycles. The van der Waals surface area contributed by atoms with Crippen molar-refractivity contribution in [2.24, 2.45) is 0 Å². The van der Waals surface area contributed by atoms with E-state index in [-0.39, 0.29) is 6.03 Å². The van der Waals surface area contributed by atoms with Gasteiger partial charge in [0.1, 0.15) is 0 Å². The van der Waals surface area contributed by atoms with Crippen molar-refractivity contribution in [1.29, 1.82) is 0 Å². The van der Waals surface area contributed by atoms with E-state index in [4.69, 9.17) is 0 Å². The van der Waals surface area contributed by atoms with Crippen molar-refractivity contribution >= 4 is 22.8 Å². The lowest BCUT2D eigenvalue weighted by atomic mass is 10.3. The maximum absolute atomic E-state index is 11.6. The molecule has 2 amide bonds. The Morgan fingerprint density at radius 1 is 1.44 bits per heavy atom. The van der Waals surface area contributed by atoms with E-state index in [0.717, 1.165) is 23.3 Å². The van der Waals surface area contributed by atoms with Crippen LogP contribution in [0.3, 0.4) is 0 Å². The molecule has 2 rings (SSSR count). The molecule has 0 radical (unpaired) electrons. The second-order valence-electron chi connectivity index (χ2n) is 4.32. The molecule has 0 saturated heterocycles. The van der Waals surface area contributed by atoms with Gasteiger partial charge in [-0.2, -0.15) is 0 Å². The molecule has 0 aliphatic carbocycles. The molecule has 0 fully saturated rings. The molecule has 0 saturated carbocycles. The first-order valence-electron chi connectivity index (χ1n) is 5.78. The van der Waals surface area contributed by atoms with E-state index >= 15 is 0 Å². The molecule has 1 heterocycles. The van der Waals surface area contributed by atoms with Crippen LogP contribution in [0, 0.1) is 0 Å². The molecule has 1 aromatic heterocycles. The Bertz CT molecular complexity index is 534. The van der Waals surface area contributed by atoms with Gasteiger partial charge in [-0.1, -0.05) is 0 Å². The summed E-state index contributed by atoms with van der Waals surface area (Å²) in [6.45, 7) is 1.43. The summed E-state index contributed by atoms with van der Waals surface area (Å²) in [6.07, 6.45) is 1.63. The molecule has 0 bridgehead atoms. The Labute approximate surface area is 105 Å². The minimum absolute atomic E-state index is 0.198. The van der Waals surface area contributed by atoms with Crippen molar-refractivity contribution in [2.45, 2.75) is 0 Å².